The summed E-state index contributed by atoms with van der Waals surface area (Å²) in [6.45, 7) is 10.4. The Morgan fingerprint density at radius 3 is 1.83 bits per heavy atom. The smallest absolute Gasteiger partial charge is 0.225 e. The van der Waals surface area contributed by atoms with Crippen molar-refractivity contribution in [2.24, 2.45) is 5.92 Å². The molecule has 1 aromatic rings. The lowest BCUT2D eigenvalue weighted by Gasteiger charge is -2.46. The Kier molecular flexibility index (Phi) is 10.3. The average molecular weight is 404 g/mol. The molecular formula is C24H45N5. The standard InChI is InChI=1S/C24H45N5/c1-23(2)17-21(18-24(3,4)29-23)15-13-11-9-7-5-6-8-10-12-14-16-26-22-27-19-25-20-28-22/h19-21,29H,5-18H2,1-4H3,(H,25,26,27,28). The molecule has 0 amide bonds. The first-order valence-corrected chi connectivity index (χ1v) is 12.0. The van der Waals surface area contributed by atoms with E-state index in [9.17, 15) is 0 Å². The summed E-state index contributed by atoms with van der Waals surface area (Å²) in [4.78, 5) is 12.0. The first kappa shape index (κ1) is 24.0. The van der Waals surface area contributed by atoms with E-state index in [0.29, 0.717) is 17.0 Å². The maximum atomic E-state index is 4.07. The fraction of sp³-hybridized carbons (Fsp3) is 0.875. The zero-order valence-electron chi connectivity index (χ0n) is 19.5. The molecule has 1 fully saturated rings. The Morgan fingerprint density at radius 2 is 1.28 bits per heavy atom. The minimum absolute atomic E-state index is 0.301. The van der Waals surface area contributed by atoms with Crippen LogP contribution in [0, 0.1) is 5.92 Å². The summed E-state index contributed by atoms with van der Waals surface area (Å²) in [7, 11) is 0. The van der Waals surface area contributed by atoms with Gasteiger partial charge in [0, 0.05) is 17.6 Å². The van der Waals surface area contributed by atoms with Crippen molar-refractivity contribution in [3.63, 3.8) is 0 Å². The third-order valence-electron chi connectivity index (χ3n) is 6.09. The van der Waals surface area contributed by atoms with Gasteiger partial charge < -0.3 is 10.6 Å². The molecule has 1 aliphatic rings. The van der Waals surface area contributed by atoms with Crippen LogP contribution in [0.3, 0.4) is 0 Å². The van der Waals surface area contributed by atoms with Crippen LogP contribution >= 0.6 is 0 Å². The summed E-state index contributed by atoms with van der Waals surface area (Å²) in [5.41, 5.74) is 0.602. The molecule has 2 N–H and O–H groups in total. The Morgan fingerprint density at radius 1 is 0.793 bits per heavy atom. The lowest BCUT2D eigenvalue weighted by molar-refractivity contribution is 0.122. The van der Waals surface area contributed by atoms with Crippen LogP contribution in [-0.2, 0) is 0 Å². The van der Waals surface area contributed by atoms with Crippen LogP contribution in [0.4, 0.5) is 5.95 Å². The molecule has 0 aliphatic carbocycles. The monoisotopic (exact) mass is 403 g/mol. The summed E-state index contributed by atoms with van der Waals surface area (Å²) in [5, 5.41) is 7.05. The predicted octanol–water partition coefficient (Wildman–Crippen LogP) is 6.13. The van der Waals surface area contributed by atoms with Gasteiger partial charge in [-0.15, -0.1) is 0 Å². The summed E-state index contributed by atoms with van der Waals surface area (Å²) in [6, 6.07) is 0. The van der Waals surface area contributed by atoms with E-state index in [2.05, 4.69) is 53.3 Å². The number of anilines is 1. The lowest BCUT2D eigenvalue weighted by atomic mass is 9.74. The Hall–Kier alpha value is -1.23. The second-order valence-corrected chi connectivity index (χ2v) is 10.4. The molecule has 2 heterocycles. The van der Waals surface area contributed by atoms with Crippen molar-refractivity contribution in [1.29, 1.82) is 0 Å². The lowest BCUT2D eigenvalue weighted by Crippen LogP contribution is -2.57. The average Bonchev–Trinajstić information content (AvgIpc) is 2.64. The predicted molar refractivity (Wildman–Crippen MR) is 123 cm³/mol. The van der Waals surface area contributed by atoms with Crippen LogP contribution in [0.5, 0.6) is 0 Å². The molecule has 0 spiro atoms. The van der Waals surface area contributed by atoms with Gasteiger partial charge in [-0.2, -0.15) is 0 Å². The van der Waals surface area contributed by atoms with Crippen molar-refractivity contribution in [2.45, 2.75) is 122 Å². The molecule has 29 heavy (non-hydrogen) atoms. The van der Waals surface area contributed by atoms with Gasteiger partial charge in [0.05, 0.1) is 0 Å². The highest BCUT2D eigenvalue weighted by Crippen LogP contribution is 2.35. The van der Waals surface area contributed by atoms with Gasteiger partial charge in [-0.3, -0.25) is 0 Å². The largest absolute Gasteiger partial charge is 0.354 e. The van der Waals surface area contributed by atoms with E-state index in [4.69, 9.17) is 0 Å². The highest BCUT2D eigenvalue weighted by Gasteiger charge is 2.36. The van der Waals surface area contributed by atoms with Gasteiger partial charge in [-0.1, -0.05) is 64.2 Å². The number of nitrogens with zero attached hydrogens (tertiary/aromatic N) is 3. The minimum atomic E-state index is 0.301. The molecule has 5 heteroatoms. The van der Waals surface area contributed by atoms with Crippen LogP contribution in [-0.4, -0.2) is 32.6 Å². The summed E-state index contributed by atoms with van der Waals surface area (Å²) in [5.74, 6) is 1.59. The number of unbranched alkanes of at least 4 members (excludes halogenated alkanes) is 9. The normalized spacial score (nSPS) is 18.6. The molecule has 2 rings (SSSR count). The first-order valence-electron chi connectivity index (χ1n) is 12.0. The van der Waals surface area contributed by atoms with Crippen molar-refractivity contribution < 1.29 is 0 Å². The van der Waals surface area contributed by atoms with Crippen LogP contribution in [0.25, 0.3) is 0 Å². The molecule has 0 saturated carbocycles. The van der Waals surface area contributed by atoms with Crippen molar-refractivity contribution >= 4 is 5.95 Å². The maximum Gasteiger partial charge on any atom is 0.225 e. The SMILES string of the molecule is CC1(C)CC(CCCCCCCCCCCCNc2ncncn2)CC(C)(C)N1. The molecule has 0 radical (unpaired) electrons. The van der Waals surface area contributed by atoms with Gasteiger partial charge in [0.2, 0.25) is 5.95 Å². The molecule has 1 saturated heterocycles. The molecule has 1 aliphatic heterocycles. The van der Waals surface area contributed by atoms with Crippen molar-refractivity contribution in [1.82, 2.24) is 20.3 Å². The van der Waals surface area contributed by atoms with E-state index in [-0.39, 0.29) is 0 Å². The van der Waals surface area contributed by atoms with Crippen molar-refractivity contribution in [3.8, 4) is 0 Å². The number of nitrogens with one attached hydrogen (secondary N) is 2. The van der Waals surface area contributed by atoms with Gasteiger partial charge in [-0.05, 0) is 52.9 Å². The van der Waals surface area contributed by atoms with E-state index in [0.717, 1.165) is 12.5 Å². The Bertz CT molecular complexity index is 527. The fourth-order valence-electron chi connectivity index (χ4n) is 5.24. The van der Waals surface area contributed by atoms with Crippen LogP contribution in [0.2, 0.25) is 0 Å². The van der Waals surface area contributed by atoms with Gasteiger partial charge in [0.1, 0.15) is 12.7 Å². The van der Waals surface area contributed by atoms with Crippen LogP contribution < -0.4 is 10.6 Å². The summed E-state index contributed by atoms with van der Waals surface area (Å²) >= 11 is 0. The molecule has 0 aromatic carbocycles. The van der Waals surface area contributed by atoms with Gasteiger partial charge in [0.15, 0.2) is 0 Å². The van der Waals surface area contributed by atoms with E-state index in [1.165, 1.54) is 96.1 Å². The third-order valence-corrected chi connectivity index (χ3v) is 6.09. The van der Waals surface area contributed by atoms with Crippen LogP contribution in [0.1, 0.15) is 111 Å². The quantitative estimate of drug-likeness (QED) is 0.366. The number of piperidine rings is 1. The number of hydrogen-bond donors (Lipinski definition) is 2. The van der Waals surface area contributed by atoms with E-state index >= 15 is 0 Å². The minimum Gasteiger partial charge on any atom is -0.354 e. The molecule has 1 aromatic heterocycles. The second kappa shape index (κ2) is 12.5. The maximum absolute atomic E-state index is 4.07. The molecule has 166 valence electrons. The van der Waals surface area contributed by atoms with E-state index in [1.54, 1.807) is 0 Å². The number of aromatic nitrogens is 3. The highest BCUT2D eigenvalue weighted by atomic mass is 15.1. The summed E-state index contributed by atoms with van der Waals surface area (Å²) in [6.07, 6.45) is 20.9. The second-order valence-electron chi connectivity index (χ2n) is 10.4. The molecule has 0 unspecified atom stereocenters. The topological polar surface area (TPSA) is 62.7 Å². The zero-order valence-corrected chi connectivity index (χ0v) is 19.5. The first-order chi connectivity index (χ1) is 13.9. The third kappa shape index (κ3) is 10.9. The van der Waals surface area contributed by atoms with Gasteiger partial charge >= 0.3 is 0 Å². The Labute approximate surface area is 179 Å². The highest BCUT2D eigenvalue weighted by molar-refractivity contribution is 5.19. The van der Waals surface area contributed by atoms with E-state index < -0.39 is 0 Å². The molecule has 5 nitrogen and oxygen atoms in total. The molecule has 0 bridgehead atoms. The molecular weight excluding hydrogens is 358 g/mol. The van der Waals surface area contributed by atoms with Crippen LogP contribution in [0.15, 0.2) is 12.7 Å². The van der Waals surface area contributed by atoms with Gasteiger partial charge in [0.25, 0.3) is 0 Å². The van der Waals surface area contributed by atoms with Gasteiger partial charge in [-0.25, -0.2) is 15.0 Å². The fourth-order valence-corrected chi connectivity index (χ4v) is 5.24. The number of rotatable bonds is 14. The Balaban J connectivity index is 1.36. The van der Waals surface area contributed by atoms with Crippen molar-refractivity contribution in [2.75, 3.05) is 11.9 Å². The number of hydrogen-bond acceptors (Lipinski definition) is 5. The molecule has 0 atom stereocenters. The zero-order chi connectivity index (χ0) is 21.0. The van der Waals surface area contributed by atoms with Crippen molar-refractivity contribution in [3.05, 3.63) is 12.7 Å². The van der Waals surface area contributed by atoms with E-state index in [1.807, 2.05) is 0 Å². The summed E-state index contributed by atoms with van der Waals surface area (Å²) < 4.78 is 0.